The summed E-state index contributed by atoms with van der Waals surface area (Å²) in [5, 5.41) is 9.63. The van der Waals surface area contributed by atoms with Crippen LogP contribution in [-0.2, 0) is 0 Å². The normalized spacial score (nSPS) is 10.1. The average Bonchev–Trinajstić information content (AvgIpc) is 2.47. The summed E-state index contributed by atoms with van der Waals surface area (Å²) in [7, 11) is 4.74. The van der Waals surface area contributed by atoms with Crippen molar-refractivity contribution in [2.45, 2.75) is 0 Å². The second-order valence-electron chi connectivity index (χ2n) is 3.95. The van der Waals surface area contributed by atoms with E-state index in [1.54, 1.807) is 32.4 Å². The van der Waals surface area contributed by atoms with Gasteiger partial charge in [-0.25, -0.2) is 0 Å². The van der Waals surface area contributed by atoms with E-state index >= 15 is 0 Å². The number of phenols is 1. The summed E-state index contributed by atoms with van der Waals surface area (Å²) >= 11 is 0. The molecule has 0 radical (unpaired) electrons. The van der Waals surface area contributed by atoms with E-state index in [1.807, 2.05) is 18.2 Å². The van der Waals surface area contributed by atoms with Crippen molar-refractivity contribution >= 4 is 0 Å². The molecule has 0 heterocycles. The molecule has 0 saturated heterocycles. The summed E-state index contributed by atoms with van der Waals surface area (Å²) in [6.45, 7) is 0. The average molecular weight is 260 g/mol. The minimum absolute atomic E-state index is 0.105. The lowest BCUT2D eigenvalue weighted by atomic mass is 10.0. The standard InChI is InChI=1S/C15H16O4/c1-17-11-5-7-14(18-2)12(9-11)10-4-6-13(16)15(8-10)19-3/h4-9,16H,1-3H3. The maximum atomic E-state index is 9.63. The largest absolute Gasteiger partial charge is 0.504 e. The SMILES string of the molecule is COc1ccc(OC)c(-c2ccc(O)c(OC)c2)c1. The highest BCUT2D eigenvalue weighted by Gasteiger charge is 2.10. The molecule has 0 aliphatic rings. The van der Waals surface area contributed by atoms with Gasteiger partial charge in [-0.05, 0) is 35.9 Å². The Hall–Kier alpha value is -2.36. The molecule has 2 aromatic rings. The summed E-state index contributed by atoms with van der Waals surface area (Å²) in [5.74, 6) is 1.99. The number of methoxy groups -OCH3 is 3. The molecule has 0 saturated carbocycles. The Morgan fingerprint density at radius 3 is 2.16 bits per heavy atom. The number of phenolic OH excluding ortho intramolecular Hbond substituents is 1. The van der Waals surface area contributed by atoms with Crippen LogP contribution in [0.1, 0.15) is 0 Å². The van der Waals surface area contributed by atoms with Crippen LogP contribution in [0.4, 0.5) is 0 Å². The molecule has 100 valence electrons. The summed E-state index contributed by atoms with van der Waals surface area (Å²) in [4.78, 5) is 0. The van der Waals surface area contributed by atoms with Crippen LogP contribution in [0.25, 0.3) is 11.1 Å². The van der Waals surface area contributed by atoms with Gasteiger partial charge in [0.1, 0.15) is 11.5 Å². The van der Waals surface area contributed by atoms with E-state index in [0.717, 1.165) is 22.6 Å². The molecule has 4 heteroatoms. The number of ether oxygens (including phenoxy) is 3. The van der Waals surface area contributed by atoms with Crippen LogP contribution in [0.3, 0.4) is 0 Å². The van der Waals surface area contributed by atoms with Crippen LogP contribution in [0, 0.1) is 0 Å². The van der Waals surface area contributed by atoms with Crippen LogP contribution in [0.5, 0.6) is 23.0 Å². The van der Waals surface area contributed by atoms with Crippen molar-refractivity contribution in [3.63, 3.8) is 0 Å². The lowest BCUT2D eigenvalue weighted by Crippen LogP contribution is -1.91. The van der Waals surface area contributed by atoms with Crippen molar-refractivity contribution in [3.05, 3.63) is 36.4 Å². The van der Waals surface area contributed by atoms with Gasteiger partial charge in [-0.3, -0.25) is 0 Å². The first-order chi connectivity index (χ1) is 9.19. The van der Waals surface area contributed by atoms with Crippen molar-refractivity contribution in [2.24, 2.45) is 0 Å². The van der Waals surface area contributed by atoms with E-state index in [4.69, 9.17) is 14.2 Å². The smallest absolute Gasteiger partial charge is 0.161 e. The third-order valence-electron chi connectivity index (χ3n) is 2.90. The van der Waals surface area contributed by atoms with E-state index in [0.29, 0.717) is 5.75 Å². The van der Waals surface area contributed by atoms with Crippen LogP contribution in [0.2, 0.25) is 0 Å². The van der Waals surface area contributed by atoms with E-state index in [2.05, 4.69) is 0 Å². The second kappa shape index (κ2) is 5.52. The van der Waals surface area contributed by atoms with Gasteiger partial charge in [0.15, 0.2) is 11.5 Å². The monoisotopic (exact) mass is 260 g/mol. The molecule has 1 N–H and O–H groups in total. The van der Waals surface area contributed by atoms with Crippen LogP contribution < -0.4 is 14.2 Å². The first-order valence-corrected chi connectivity index (χ1v) is 5.79. The Bertz CT molecular complexity index is 578. The molecule has 19 heavy (non-hydrogen) atoms. The summed E-state index contributed by atoms with van der Waals surface area (Å²) in [6.07, 6.45) is 0. The molecule has 0 aliphatic carbocycles. The molecule has 0 bridgehead atoms. The molecule has 0 spiro atoms. The van der Waals surface area contributed by atoms with Crippen LogP contribution >= 0.6 is 0 Å². The number of hydrogen-bond donors (Lipinski definition) is 1. The zero-order valence-corrected chi connectivity index (χ0v) is 11.1. The molecule has 0 atom stereocenters. The van der Waals surface area contributed by atoms with Crippen molar-refractivity contribution in [1.82, 2.24) is 0 Å². The van der Waals surface area contributed by atoms with Gasteiger partial charge in [0, 0.05) is 5.56 Å². The molecule has 2 aromatic carbocycles. The first-order valence-electron chi connectivity index (χ1n) is 5.79. The molecular formula is C15H16O4. The lowest BCUT2D eigenvalue weighted by molar-refractivity contribution is 0.373. The molecule has 0 unspecified atom stereocenters. The fourth-order valence-corrected chi connectivity index (χ4v) is 1.88. The van der Waals surface area contributed by atoms with Gasteiger partial charge in [0.2, 0.25) is 0 Å². The fraction of sp³-hybridized carbons (Fsp3) is 0.200. The maximum absolute atomic E-state index is 9.63. The van der Waals surface area contributed by atoms with E-state index in [-0.39, 0.29) is 5.75 Å². The van der Waals surface area contributed by atoms with Gasteiger partial charge < -0.3 is 19.3 Å². The molecule has 0 aliphatic heterocycles. The Labute approximate surface area is 112 Å². The summed E-state index contributed by atoms with van der Waals surface area (Å²) in [5.41, 5.74) is 1.76. The van der Waals surface area contributed by atoms with Gasteiger partial charge in [0.25, 0.3) is 0 Å². The third kappa shape index (κ3) is 2.57. The molecule has 2 rings (SSSR count). The minimum atomic E-state index is 0.105. The van der Waals surface area contributed by atoms with Gasteiger partial charge >= 0.3 is 0 Å². The third-order valence-corrected chi connectivity index (χ3v) is 2.90. The predicted octanol–water partition coefficient (Wildman–Crippen LogP) is 3.09. The van der Waals surface area contributed by atoms with Crippen LogP contribution in [0.15, 0.2) is 36.4 Å². The van der Waals surface area contributed by atoms with Gasteiger partial charge in [0.05, 0.1) is 21.3 Å². The first kappa shape index (κ1) is 13.1. The zero-order valence-electron chi connectivity index (χ0n) is 11.1. The Balaban J connectivity index is 2.56. The van der Waals surface area contributed by atoms with Crippen molar-refractivity contribution in [1.29, 1.82) is 0 Å². The Morgan fingerprint density at radius 1 is 0.789 bits per heavy atom. The molecule has 0 aromatic heterocycles. The quantitative estimate of drug-likeness (QED) is 0.917. The van der Waals surface area contributed by atoms with E-state index in [9.17, 15) is 5.11 Å². The van der Waals surface area contributed by atoms with Crippen molar-refractivity contribution < 1.29 is 19.3 Å². The van der Waals surface area contributed by atoms with Crippen LogP contribution in [-0.4, -0.2) is 26.4 Å². The molecule has 4 nitrogen and oxygen atoms in total. The van der Waals surface area contributed by atoms with Gasteiger partial charge in [-0.1, -0.05) is 6.07 Å². The number of aromatic hydroxyl groups is 1. The van der Waals surface area contributed by atoms with Gasteiger partial charge in [-0.2, -0.15) is 0 Å². The zero-order chi connectivity index (χ0) is 13.8. The van der Waals surface area contributed by atoms with E-state index < -0.39 is 0 Å². The maximum Gasteiger partial charge on any atom is 0.161 e. The van der Waals surface area contributed by atoms with Gasteiger partial charge in [-0.15, -0.1) is 0 Å². The number of rotatable bonds is 4. The van der Waals surface area contributed by atoms with Crippen molar-refractivity contribution in [3.8, 4) is 34.1 Å². The minimum Gasteiger partial charge on any atom is -0.504 e. The Morgan fingerprint density at radius 2 is 1.53 bits per heavy atom. The molecular weight excluding hydrogens is 244 g/mol. The molecule has 0 fully saturated rings. The lowest BCUT2D eigenvalue weighted by Gasteiger charge is -2.12. The van der Waals surface area contributed by atoms with Crippen molar-refractivity contribution in [2.75, 3.05) is 21.3 Å². The predicted molar refractivity (Wildman–Crippen MR) is 73.2 cm³/mol. The highest BCUT2D eigenvalue weighted by molar-refractivity contribution is 5.74. The topological polar surface area (TPSA) is 47.9 Å². The van der Waals surface area contributed by atoms with E-state index in [1.165, 1.54) is 7.11 Å². The second-order valence-corrected chi connectivity index (χ2v) is 3.95. The Kier molecular flexibility index (Phi) is 3.80. The fourth-order valence-electron chi connectivity index (χ4n) is 1.88. The summed E-state index contributed by atoms with van der Waals surface area (Å²) < 4.78 is 15.7. The summed E-state index contributed by atoms with van der Waals surface area (Å²) in [6, 6.07) is 10.7. The highest BCUT2D eigenvalue weighted by atomic mass is 16.5. The molecule has 0 amide bonds. The highest BCUT2D eigenvalue weighted by Crippen LogP contribution is 2.37. The number of hydrogen-bond acceptors (Lipinski definition) is 4. The number of benzene rings is 2.